The number of benzene rings is 3. The van der Waals surface area contributed by atoms with Crippen molar-refractivity contribution in [2.75, 3.05) is 24.4 Å². The number of rotatable bonds is 9. The van der Waals surface area contributed by atoms with Gasteiger partial charge in [-0.05, 0) is 48.0 Å². The third-order valence-corrected chi connectivity index (χ3v) is 4.52. The van der Waals surface area contributed by atoms with Crippen LogP contribution in [0.5, 0.6) is 11.5 Å². The molecule has 0 aromatic heterocycles. The average Bonchev–Trinajstić information content (AvgIpc) is 2.78. The molecule has 0 fully saturated rings. The first-order valence-electron chi connectivity index (χ1n) is 9.28. The summed E-state index contributed by atoms with van der Waals surface area (Å²) in [6.45, 7) is 0.235. The van der Waals surface area contributed by atoms with Gasteiger partial charge in [0.05, 0.1) is 12.0 Å². The fraction of sp³-hybridized carbons (Fsp3) is 0.136. The lowest BCUT2D eigenvalue weighted by Crippen LogP contribution is -2.20. The number of anilines is 2. The second-order valence-electron chi connectivity index (χ2n) is 6.49. The van der Waals surface area contributed by atoms with E-state index in [1.54, 1.807) is 48.5 Å². The number of hydrogen-bond acceptors (Lipinski definition) is 6. The van der Waals surface area contributed by atoms with Crippen LogP contribution in [-0.2, 0) is 11.3 Å². The summed E-state index contributed by atoms with van der Waals surface area (Å²) in [6, 6.07) is 18.3. The SMILES string of the molecule is COc1cc(CNc2cccc([N+](=O)[O-])c2)ccc1OCC(=O)Nc1ccc(Cl)cc1. The van der Waals surface area contributed by atoms with Crippen molar-refractivity contribution < 1.29 is 19.2 Å². The van der Waals surface area contributed by atoms with E-state index in [-0.39, 0.29) is 18.2 Å². The van der Waals surface area contributed by atoms with Crippen LogP contribution >= 0.6 is 11.6 Å². The van der Waals surface area contributed by atoms with E-state index < -0.39 is 4.92 Å². The molecule has 8 nitrogen and oxygen atoms in total. The first-order chi connectivity index (χ1) is 14.9. The van der Waals surface area contributed by atoms with Crippen molar-refractivity contribution >= 4 is 34.6 Å². The maximum atomic E-state index is 12.1. The van der Waals surface area contributed by atoms with Crippen LogP contribution in [0.15, 0.2) is 66.7 Å². The molecule has 0 atom stereocenters. The molecule has 0 aliphatic heterocycles. The number of nitrogens with zero attached hydrogens (tertiary/aromatic N) is 1. The Bertz CT molecular complexity index is 1070. The van der Waals surface area contributed by atoms with Gasteiger partial charge in [-0.25, -0.2) is 0 Å². The fourth-order valence-corrected chi connectivity index (χ4v) is 2.87. The number of nitro benzene ring substituents is 1. The van der Waals surface area contributed by atoms with E-state index in [9.17, 15) is 14.9 Å². The first kappa shape index (κ1) is 21.9. The van der Waals surface area contributed by atoms with Crippen molar-refractivity contribution in [3.8, 4) is 11.5 Å². The summed E-state index contributed by atoms with van der Waals surface area (Å²) in [7, 11) is 1.51. The molecule has 3 rings (SSSR count). The van der Waals surface area contributed by atoms with Gasteiger partial charge < -0.3 is 20.1 Å². The average molecular weight is 442 g/mol. The number of nitro groups is 1. The standard InChI is InChI=1S/C22H20ClN3O5/c1-30-21-11-15(13-24-18-3-2-4-19(12-18)26(28)29)5-10-20(21)31-14-22(27)25-17-8-6-16(23)7-9-17/h2-12,24H,13-14H2,1H3,(H,25,27). The Morgan fingerprint density at radius 1 is 1.03 bits per heavy atom. The zero-order valence-corrected chi connectivity index (χ0v) is 17.4. The minimum Gasteiger partial charge on any atom is -0.493 e. The zero-order valence-electron chi connectivity index (χ0n) is 16.6. The minimum atomic E-state index is -0.441. The van der Waals surface area contributed by atoms with Gasteiger partial charge in [-0.1, -0.05) is 23.7 Å². The Kier molecular flexibility index (Phi) is 7.29. The van der Waals surface area contributed by atoms with Crippen LogP contribution in [0.2, 0.25) is 5.02 Å². The van der Waals surface area contributed by atoms with E-state index in [2.05, 4.69) is 10.6 Å². The first-order valence-corrected chi connectivity index (χ1v) is 9.66. The van der Waals surface area contributed by atoms with Crippen LogP contribution < -0.4 is 20.1 Å². The lowest BCUT2D eigenvalue weighted by atomic mass is 10.2. The van der Waals surface area contributed by atoms with E-state index in [0.29, 0.717) is 34.4 Å². The van der Waals surface area contributed by atoms with E-state index in [1.807, 2.05) is 6.07 Å². The van der Waals surface area contributed by atoms with Crippen molar-refractivity contribution in [3.63, 3.8) is 0 Å². The van der Waals surface area contributed by atoms with Gasteiger partial charge in [0, 0.05) is 35.1 Å². The summed E-state index contributed by atoms with van der Waals surface area (Å²) >= 11 is 5.83. The van der Waals surface area contributed by atoms with E-state index in [4.69, 9.17) is 21.1 Å². The molecule has 0 spiro atoms. The van der Waals surface area contributed by atoms with Gasteiger partial charge in [0.25, 0.3) is 11.6 Å². The molecule has 0 aliphatic carbocycles. The van der Waals surface area contributed by atoms with E-state index in [1.165, 1.54) is 19.2 Å². The molecular weight excluding hydrogens is 422 g/mol. The number of methoxy groups -OCH3 is 1. The van der Waals surface area contributed by atoms with E-state index >= 15 is 0 Å². The van der Waals surface area contributed by atoms with Crippen molar-refractivity contribution in [1.82, 2.24) is 0 Å². The highest BCUT2D eigenvalue weighted by molar-refractivity contribution is 6.30. The largest absolute Gasteiger partial charge is 0.493 e. The number of carbonyl (C=O) groups is 1. The molecular formula is C22H20ClN3O5. The van der Waals surface area contributed by atoms with Crippen LogP contribution in [0, 0.1) is 10.1 Å². The number of hydrogen-bond donors (Lipinski definition) is 2. The fourth-order valence-electron chi connectivity index (χ4n) is 2.75. The normalized spacial score (nSPS) is 10.3. The Morgan fingerprint density at radius 2 is 1.81 bits per heavy atom. The zero-order chi connectivity index (χ0) is 22.2. The summed E-state index contributed by atoms with van der Waals surface area (Å²) in [4.78, 5) is 22.6. The Labute approximate surface area is 183 Å². The maximum absolute atomic E-state index is 12.1. The molecule has 0 saturated carbocycles. The Morgan fingerprint density at radius 3 is 2.52 bits per heavy atom. The molecule has 0 saturated heterocycles. The van der Waals surface area contributed by atoms with Crippen molar-refractivity contribution in [2.45, 2.75) is 6.54 Å². The van der Waals surface area contributed by atoms with Gasteiger partial charge in [-0.15, -0.1) is 0 Å². The molecule has 0 aliphatic rings. The van der Waals surface area contributed by atoms with Crippen LogP contribution in [0.1, 0.15) is 5.56 Å². The second-order valence-corrected chi connectivity index (χ2v) is 6.93. The number of nitrogens with one attached hydrogen (secondary N) is 2. The number of carbonyl (C=O) groups excluding carboxylic acids is 1. The topological polar surface area (TPSA) is 103 Å². The van der Waals surface area contributed by atoms with Gasteiger partial charge in [0.15, 0.2) is 18.1 Å². The highest BCUT2D eigenvalue weighted by Crippen LogP contribution is 2.28. The lowest BCUT2D eigenvalue weighted by Gasteiger charge is -2.13. The summed E-state index contributed by atoms with van der Waals surface area (Å²) in [5.74, 6) is 0.575. The molecule has 0 bridgehead atoms. The third-order valence-electron chi connectivity index (χ3n) is 4.27. The Hall–Kier alpha value is -3.78. The van der Waals surface area contributed by atoms with Gasteiger partial charge >= 0.3 is 0 Å². The van der Waals surface area contributed by atoms with E-state index in [0.717, 1.165) is 5.56 Å². The second kappa shape index (κ2) is 10.3. The molecule has 3 aromatic carbocycles. The lowest BCUT2D eigenvalue weighted by molar-refractivity contribution is -0.384. The van der Waals surface area contributed by atoms with Crippen LogP contribution in [0.4, 0.5) is 17.1 Å². The third kappa shape index (κ3) is 6.35. The number of halogens is 1. The molecule has 31 heavy (non-hydrogen) atoms. The number of ether oxygens (including phenoxy) is 2. The maximum Gasteiger partial charge on any atom is 0.271 e. The van der Waals surface area contributed by atoms with Crippen molar-refractivity contribution in [1.29, 1.82) is 0 Å². The predicted octanol–water partition coefficient (Wildman–Crippen LogP) is 4.89. The summed E-state index contributed by atoms with van der Waals surface area (Å²) in [6.07, 6.45) is 0. The molecule has 2 N–H and O–H groups in total. The number of amides is 1. The van der Waals surface area contributed by atoms with Crippen LogP contribution in [-0.4, -0.2) is 24.5 Å². The monoisotopic (exact) mass is 441 g/mol. The Balaban J connectivity index is 1.57. The van der Waals surface area contributed by atoms with Gasteiger partial charge in [-0.2, -0.15) is 0 Å². The summed E-state index contributed by atoms with van der Waals surface area (Å²) < 4.78 is 11.0. The molecule has 0 unspecified atom stereocenters. The smallest absolute Gasteiger partial charge is 0.271 e. The molecule has 160 valence electrons. The molecule has 9 heteroatoms. The minimum absolute atomic E-state index is 0.0169. The van der Waals surface area contributed by atoms with Crippen LogP contribution in [0.25, 0.3) is 0 Å². The van der Waals surface area contributed by atoms with Crippen LogP contribution in [0.3, 0.4) is 0 Å². The van der Waals surface area contributed by atoms with Gasteiger partial charge in [0.2, 0.25) is 0 Å². The summed E-state index contributed by atoms with van der Waals surface area (Å²) in [5.41, 5.74) is 2.14. The van der Waals surface area contributed by atoms with Crippen molar-refractivity contribution in [2.24, 2.45) is 0 Å². The van der Waals surface area contributed by atoms with Gasteiger partial charge in [0.1, 0.15) is 0 Å². The molecule has 3 aromatic rings. The molecule has 0 heterocycles. The summed E-state index contributed by atoms with van der Waals surface area (Å²) in [5, 5.41) is 17.3. The number of non-ortho nitro benzene ring substituents is 1. The van der Waals surface area contributed by atoms with Gasteiger partial charge in [-0.3, -0.25) is 14.9 Å². The quantitative estimate of drug-likeness (QED) is 0.362. The highest BCUT2D eigenvalue weighted by atomic mass is 35.5. The highest BCUT2D eigenvalue weighted by Gasteiger charge is 2.10. The molecule has 1 amide bonds. The van der Waals surface area contributed by atoms with Crippen molar-refractivity contribution in [3.05, 3.63) is 87.4 Å². The predicted molar refractivity (Wildman–Crippen MR) is 119 cm³/mol. The molecule has 0 radical (unpaired) electrons.